The lowest BCUT2D eigenvalue weighted by Gasteiger charge is -2.29. The van der Waals surface area contributed by atoms with Crippen LogP contribution in [0.3, 0.4) is 0 Å². The maximum atomic E-state index is 12.8. The molecule has 1 N–H and O–H groups in total. The van der Waals surface area contributed by atoms with Gasteiger partial charge in [-0.15, -0.1) is 0 Å². The number of amides is 1. The molecule has 4 rings (SSSR count). The largest absolute Gasteiger partial charge is 0.497 e. The summed E-state index contributed by atoms with van der Waals surface area (Å²) < 4.78 is 10.7. The molecule has 156 valence electrons. The summed E-state index contributed by atoms with van der Waals surface area (Å²) in [5.41, 5.74) is 2.13. The monoisotopic (exact) mass is 414 g/mol. The number of rotatable bonds is 5. The normalized spacial score (nSPS) is 14.2. The van der Waals surface area contributed by atoms with Gasteiger partial charge in [0.1, 0.15) is 23.2 Å². The van der Waals surface area contributed by atoms with E-state index in [0.29, 0.717) is 37.7 Å². The van der Waals surface area contributed by atoms with Gasteiger partial charge in [-0.3, -0.25) is 4.79 Å². The van der Waals surface area contributed by atoms with Crippen LogP contribution < -0.4 is 15.0 Å². The molecule has 1 aliphatic rings. The molecule has 2 aromatic carbocycles. The predicted molar refractivity (Wildman–Crippen MR) is 120 cm³/mol. The summed E-state index contributed by atoms with van der Waals surface area (Å²) in [6, 6.07) is 18.8. The first-order valence-corrected chi connectivity index (χ1v) is 9.97. The van der Waals surface area contributed by atoms with E-state index in [9.17, 15) is 10.1 Å². The molecular formula is C24H22N4O3. The molecular weight excluding hydrogens is 392 g/mol. The van der Waals surface area contributed by atoms with Gasteiger partial charge in [-0.05, 0) is 30.3 Å². The molecule has 1 saturated heterocycles. The minimum Gasteiger partial charge on any atom is -0.497 e. The van der Waals surface area contributed by atoms with Crippen LogP contribution in [0, 0.1) is 11.3 Å². The van der Waals surface area contributed by atoms with Crippen molar-refractivity contribution in [2.24, 2.45) is 0 Å². The molecule has 7 nitrogen and oxygen atoms in total. The Labute approximate surface area is 180 Å². The fraction of sp³-hybridized carbons (Fsp3) is 0.208. The predicted octanol–water partition coefficient (Wildman–Crippen LogP) is 3.63. The highest BCUT2D eigenvalue weighted by Gasteiger charge is 2.18. The van der Waals surface area contributed by atoms with Crippen molar-refractivity contribution in [2.75, 3.05) is 43.6 Å². The maximum Gasteiger partial charge on any atom is 0.266 e. The molecule has 0 radical (unpaired) electrons. The van der Waals surface area contributed by atoms with E-state index in [1.54, 1.807) is 37.5 Å². The van der Waals surface area contributed by atoms with E-state index < -0.39 is 5.91 Å². The van der Waals surface area contributed by atoms with Gasteiger partial charge in [-0.2, -0.15) is 5.26 Å². The highest BCUT2D eigenvalue weighted by molar-refractivity contribution is 6.10. The lowest BCUT2D eigenvalue weighted by Crippen LogP contribution is -2.37. The third-order valence-electron chi connectivity index (χ3n) is 5.04. The number of aromatic nitrogens is 1. The Balaban J connectivity index is 1.71. The van der Waals surface area contributed by atoms with Crippen LogP contribution in [-0.4, -0.2) is 44.3 Å². The van der Waals surface area contributed by atoms with Crippen LogP contribution in [0.2, 0.25) is 0 Å². The fourth-order valence-electron chi connectivity index (χ4n) is 3.46. The second kappa shape index (κ2) is 9.28. The van der Waals surface area contributed by atoms with Gasteiger partial charge in [0.05, 0.1) is 25.8 Å². The Kier molecular flexibility index (Phi) is 6.11. The van der Waals surface area contributed by atoms with Gasteiger partial charge < -0.3 is 19.7 Å². The maximum absolute atomic E-state index is 12.8. The molecule has 0 aliphatic carbocycles. The summed E-state index contributed by atoms with van der Waals surface area (Å²) in [5.74, 6) is 0.870. The number of fused-ring (bicyclic) bond motifs is 1. The van der Waals surface area contributed by atoms with Crippen molar-refractivity contribution in [2.45, 2.75) is 0 Å². The Hall–Kier alpha value is -3.89. The first-order chi connectivity index (χ1) is 15.2. The van der Waals surface area contributed by atoms with Crippen LogP contribution in [0.25, 0.3) is 17.0 Å². The Bertz CT molecular complexity index is 1180. The number of anilines is 2. The fourth-order valence-corrected chi connectivity index (χ4v) is 3.46. The zero-order chi connectivity index (χ0) is 21.6. The molecule has 0 bridgehead atoms. The number of pyridine rings is 1. The number of carbonyl (C=O) groups excluding carboxylic acids is 1. The Morgan fingerprint density at radius 2 is 2.00 bits per heavy atom. The number of hydrogen-bond acceptors (Lipinski definition) is 6. The molecule has 0 spiro atoms. The topological polar surface area (TPSA) is 87.5 Å². The third-order valence-corrected chi connectivity index (χ3v) is 5.04. The van der Waals surface area contributed by atoms with Gasteiger partial charge in [-0.25, -0.2) is 4.98 Å². The molecule has 0 atom stereocenters. The number of carbonyl (C=O) groups is 1. The minimum absolute atomic E-state index is 0.00518. The second-order valence-electron chi connectivity index (χ2n) is 7.05. The number of hydrogen-bond donors (Lipinski definition) is 1. The quantitative estimate of drug-likeness (QED) is 0.507. The van der Waals surface area contributed by atoms with Gasteiger partial charge in [0, 0.05) is 35.8 Å². The van der Waals surface area contributed by atoms with Crippen molar-refractivity contribution >= 4 is 34.4 Å². The summed E-state index contributed by atoms with van der Waals surface area (Å²) in [4.78, 5) is 19.7. The number of nitriles is 1. The van der Waals surface area contributed by atoms with E-state index in [1.807, 2.05) is 36.4 Å². The summed E-state index contributed by atoms with van der Waals surface area (Å²) in [6.45, 7) is 2.62. The molecule has 1 amide bonds. The lowest BCUT2D eigenvalue weighted by atomic mass is 10.1. The van der Waals surface area contributed by atoms with Crippen LogP contribution in [-0.2, 0) is 9.53 Å². The lowest BCUT2D eigenvalue weighted by molar-refractivity contribution is -0.112. The molecule has 3 aromatic rings. The molecule has 1 aliphatic heterocycles. The van der Waals surface area contributed by atoms with Crippen LogP contribution in [0.15, 0.2) is 60.2 Å². The Morgan fingerprint density at radius 1 is 1.19 bits per heavy atom. The SMILES string of the molecule is COc1cccc(NC(=O)C(C#N)=Cc2cc3ccccc3nc2N2CCOCC2)c1. The molecule has 0 saturated carbocycles. The average Bonchev–Trinajstić information content (AvgIpc) is 2.82. The number of para-hydroxylation sites is 1. The van der Waals surface area contributed by atoms with Gasteiger partial charge in [-0.1, -0.05) is 24.3 Å². The van der Waals surface area contributed by atoms with Crippen LogP contribution >= 0.6 is 0 Å². The molecule has 1 aromatic heterocycles. The number of ether oxygens (including phenoxy) is 2. The number of nitrogens with one attached hydrogen (secondary N) is 1. The van der Waals surface area contributed by atoms with Crippen molar-refractivity contribution in [3.8, 4) is 11.8 Å². The number of nitrogens with zero attached hydrogens (tertiary/aromatic N) is 3. The number of benzene rings is 2. The van der Waals surface area contributed by atoms with Crippen molar-refractivity contribution in [1.82, 2.24) is 4.98 Å². The highest BCUT2D eigenvalue weighted by atomic mass is 16.5. The van der Waals surface area contributed by atoms with E-state index in [-0.39, 0.29) is 5.57 Å². The summed E-state index contributed by atoms with van der Waals surface area (Å²) in [5, 5.41) is 13.4. The van der Waals surface area contributed by atoms with E-state index in [2.05, 4.69) is 10.2 Å². The zero-order valence-corrected chi connectivity index (χ0v) is 17.2. The number of methoxy groups -OCH3 is 1. The van der Waals surface area contributed by atoms with Gasteiger partial charge in [0.15, 0.2) is 0 Å². The molecule has 0 unspecified atom stereocenters. The van der Waals surface area contributed by atoms with Gasteiger partial charge in [0.25, 0.3) is 5.91 Å². The van der Waals surface area contributed by atoms with Crippen molar-refractivity contribution in [1.29, 1.82) is 5.26 Å². The van der Waals surface area contributed by atoms with E-state index in [1.165, 1.54) is 0 Å². The summed E-state index contributed by atoms with van der Waals surface area (Å²) >= 11 is 0. The third kappa shape index (κ3) is 4.65. The van der Waals surface area contributed by atoms with Crippen LogP contribution in [0.5, 0.6) is 5.75 Å². The van der Waals surface area contributed by atoms with Crippen LogP contribution in [0.4, 0.5) is 11.5 Å². The first-order valence-electron chi connectivity index (χ1n) is 9.97. The molecule has 31 heavy (non-hydrogen) atoms. The summed E-state index contributed by atoms with van der Waals surface area (Å²) in [7, 11) is 1.56. The smallest absolute Gasteiger partial charge is 0.266 e. The number of morpholine rings is 1. The molecule has 2 heterocycles. The van der Waals surface area contributed by atoms with E-state index in [0.717, 1.165) is 22.3 Å². The van der Waals surface area contributed by atoms with E-state index >= 15 is 0 Å². The highest BCUT2D eigenvalue weighted by Crippen LogP contribution is 2.27. The first kappa shape index (κ1) is 20.4. The molecule has 1 fully saturated rings. The van der Waals surface area contributed by atoms with Gasteiger partial charge in [0.2, 0.25) is 0 Å². The van der Waals surface area contributed by atoms with Crippen LogP contribution in [0.1, 0.15) is 5.56 Å². The second-order valence-corrected chi connectivity index (χ2v) is 7.05. The molecule has 7 heteroatoms. The summed E-state index contributed by atoms with van der Waals surface area (Å²) in [6.07, 6.45) is 1.60. The minimum atomic E-state index is -0.489. The zero-order valence-electron chi connectivity index (χ0n) is 17.2. The van der Waals surface area contributed by atoms with Crippen molar-refractivity contribution in [3.05, 3.63) is 65.7 Å². The van der Waals surface area contributed by atoms with Crippen molar-refractivity contribution in [3.63, 3.8) is 0 Å². The average molecular weight is 414 g/mol. The standard InChI is InChI=1S/C24H22N4O3/c1-30-21-7-4-6-20(15-21)26-24(29)19(16-25)14-18-13-17-5-2-3-8-22(17)27-23(18)28-9-11-31-12-10-28/h2-8,13-15H,9-12H2,1H3,(H,26,29). The van der Waals surface area contributed by atoms with E-state index in [4.69, 9.17) is 14.5 Å². The van der Waals surface area contributed by atoms with Crippen molar-refractivity contribution < 1.29 is 14.3 Å². The Morgan fingerprint density at radius 3 is 2.77 bits per heavy atom. The van der Waals surface area contributed by atoms with Gasteiger partial charge >= 0.3 is 0 Å².